The summed E-state index contributed by atoms with van der Waals surface area (Å²) in [5.41, 5.74) is 2.56. The zero-order chi connectivity index (χ0) is 14.8. The highest BCUT2D eigenvalue weighted by molar-refractivity contribution is 7.13. The summed E-state index contributed by atoms with van der Waals surface area (Å²) >= 11 is 1.61. The summed E-state index contributed by atoms with van der Waals surface area (Å²) in [5.74, 6) is 4.63. The molecule has 2 aromatic carbocycles. The Kier molecular flexibility index (Phi) is 3.50. The second-order valence-corrected chi connectivity index (χ2v) is 5.41. The lowest BCUT2D eigenvalue weighted by atomic mass is 10.0. The van der Waals surface area contributed by atoms with Gasteiger partial charge >= 0.3 is 0 Å². The molecule has 1 radical (unpaired) electrons. The highest BCUT2D eigenvalue weighted by atomic mass is 32.1. The minimum absolute atomic E-state index is 0.0840. The Morgan fingerprint density at radius 2 is 1.76 bits per heavy atom. The number of nitrogens with zero attached hydrogens (tertiary/aromatic N) is 1. The third-order valence-electron chi connectivity index (χ3n) is 3.09. The number of nitrogens with two attached hydrogens (primary N) is 1. The summed E-state index contributed by atoms with van der Waals surface area (Å²) in [4.78, 5) is 12.3. The lowest BCUT2D eigenvalue weighted by molar-refractivity contribution is -0.474. The second kappa shape index (κ2) is 5.46. The van der Waals surface area contributed by atoms with Crippen LogP contribution in [0, 0.1) is 16.8 Å². The van der Waals surface area contributed by atoms with E-state index in [0.29, 0.717) is 5.56 Å². The van der Waals surface area contributed by atoms with Crippen molar-refractivity contribution in [2.24, 2.45) is 5.84 Å². The van der Waals surface area contributed by atoms with Gasteiger partial charge in [0.2, 0.25) is 0 Å². The van der Waals surface area contributed by atoms with Gasteiger partial charge < -0.3 is 0 Å². The van der Waals surface area contributed by atoms with Gasteiger partial charge in [-0.25, -0.2) is 4.39 Å². The number of benzene rings is 2. The molecule has 1 heterocycles. The van der Waals surface area contributed by atoms with E-state index in [4.69, 9.17) is 5.84 Å². The number of hydrogen-bond donors (Lipinski definition) is 1. The molecule has 3 nitrogen and oxygen atoms in total. The van der Waals surface area contributed by atoms with Crippen molar-refractivity contribution in [1.82, 2.24) is 0 Å². The molecule has 0 spiro atoms. The van der Waals surface area contributed by atoms with Crippen molar-refractivity contribution in [3.8, 4) is 21.6 Å². The van der Waals surface area contributed by atoms with Crippen LogP contribution in [0.1, 0.15) is 0 Å². The molecule has 1 aromatic heterocycles. The van der Waals surface area contributed by atoms with E-state index in [0.717, 1.165) is 22.1 Å². The first-order chi connectivity index (χ1) is 10.1. The smallest absolute Gasteiger partial charge is 0.207 e. The Morgan fingerprint density at radius 1 is 1.05 bits per heavy atom. The molecule has 0 saturated carbocycles. The van der Waals surface area contributed by atoms with Crippen molar-refractivity contribution >= 4 is 17.0 Å². The zero-order valence-corrected chi connectivity index (χ0v) is 11.7. The average Bonchev–Trinajstić information content (AvgIpc) is 3.01. The van der Waals surface area contributed by atoms with Crippen LogP contribution in [0.2, 0.25) is 0 Å². The van der Waals surface area contributed by atoms with Gasteiger partial charge in [-0.05, 0) is 34.2 Å². The molecule has 0 fully saturated rings. The van der Waals surface area contributed by atoms with Crippen molar-refractivity contribution in [2.75, 3.05) is 0 Å². The highest BCUT2D eigenvalue weighted by Gasteiger charge is 2.13. The highest BCUT2D eigenvalue weighted by Crippen LogP contribution is 2.29. The molecule has 0 atom stereocenters. The normalized spacial score (nSPS) is 10.5. The van der Waals surface area contributed by atoms with Crippen molar-refractivity contribution in [1.29, 1.82) is 0 Å². The fourth-order valence-electron chi connectivity index (χ4n) is 2.08. The monoisotopic (exact) mass is 298 g/mol. The summed E-state index contributed by atoms with van der Waals surface area (Å²) in [6.45, 7) is 0. The molecule has 0 bridgehead atoms. The van der Waals surface area contributed by atoms with Gasteiger partial charge in [-0.1, -0.05) is 24.3 Å². The molecule has 2 N–H and O–H groups in total. The largest absolute Gasteiger partial charge is 0.295 e. The van der Waals surface area contributed by atoms with E-state index >= 15 is 0 Å². The maximum absolute atomic E-state index is 13.6. The van der Waals surface area contributed by atoms with Gasteiger partial charge in [0.15, 0.2) is 4.87 Å². The van der Waals surface area contributed by atoms with Gasteiger partial charge in [0.25, 0.3) is 5.69 Å². The molecule has 0 amide bonds. The Bertz CT molecular complexity index is 783. The summed E-state index contributed by atoms with van der Waals surface area (Å²) in [7, 11) is 0. The molecule has 0 aliphatic rings. The van der Waals surface area contributed by atoms with Gasteiger partial charge in [-0.3, -0.25) is 0 Å². The molecule has 3 aromatic rings. The van der Waals surface area contributed by atoms with Crippen LogP contribution in [0.5, 0.6) is 0 Å². The molecule has 5 heteroatoms. The minimum Gasteiger partial charge on any atom is -0.207 e. The van der Waals surface area contributed by atoms with E-state index < -0.39 is 5.82 Å². The summed E-state index contributed by atoms with van der Waals surface area (Å²) in [5, 5.41) is 1.96. The predicted molar refractivity (Wildman–Crippen MR) is 81.5 cm³/mol. The summed E-state index contributed by atoms with van der Waals surface area (Å²) < 4.78 is 13.6. The summed E-state index contributed by atoms with van der Waals surface area (Å²) in [6, 6.07) is 16.7. The first kappa shape index (κ1) is 13.5. The van der Waals surface area contributed by atoms with Crippen LogP contribution in [0.25, 0.3) is 21.6 Å². The van der Waals surface area contributed by atoms with Crippen molar-refractivity contribution < 1.29 is 9.26 Å². The van der Waals surface area contributed by atoms with Crippen LogP contribution in [-0.2, 0) is 0 Å². The number of hydrogen-bond acceptors (Lipinski definition) is 2. The van der Waals surface area contributed by atoms with Gasteiger partial charge in [0, 0.05) is 17.0 Å². The number of rotatable bonds is 3. The molecule has 0 unspecified atom stereocenters. The second-order valence-electron chi connectivity index (χ2n) is 4.50. The number of thiophene rings is 1. The third-order valence-corrected chi connectivity index (χ3v) is 3.95. The maximum atomic E-state index is 13.6. The van der Waals surface area contributed by atoms with E-state index in [1.807, 2.05) is 35.7 Å². The fourth-order valence-corrected chi connectivity index (χ4v) is 2.76. The average molecular weight is 298 g/mol. The Morgan fingerprint density at radius 3 is 2.38 bits per heavy atom. The SMILES string of the molecule is N[N+](=O)c1cc(F)cc(-c2ccc(-c3[c]ccs3)cc2)c1. The Labute approximate surface area is 125 Å². The Balaban J connectivity index is 1.99. The van der Waals surface area contributed by atoms with Crippen LogP contribution in [0.3, 0.4) is 0 Å². The number of nitroso groups, excluding NO2 is 1. The van der Waals surface area contributed by atoms with E-state index in [9.17, 15) is 9.30 Å². The van der Waals surface area contributed by atoms with Crippen LogP contribution in [0.4, 0.5) is 10.1 Å². The summed E-state index contributed by atoms with van der Waals surface area (Å²) in [6.07, 6.45) is 0. The molecular weight excluding hydrogens is 287 g/mol. The molecule has 0 aliphatic carbocycles. The van der Waals surface area contributed by atoms with Crippen LogP contribution in [-0.4, -0.2) is 4.87 Å². The van der Waals surface area contributed by atoms with Crippen LogP contribution in [0.15, 0.2) is 53.9 Å². The zero-order valence-electron chi connectivity index (χ0n) is 10.9. The molecule has 0 aliphatic heterocycles. The quantitative estimate of drug-likeness (QED) is 0.445. The molecule has 0 saturated heterocycles. The fraction of sp³-hybridized carbons (Fsp3) is 0. The van der Waals surface area contributed by atoms with Crippen molar-refractivity contribution in [3.63, 3.8) is 0 Å². The lowest BCUT2D eigenvalue weighted by Gasteiger charge is -2.03. The van der Waals surface area contributed by atoms with E-state index in [1.165, 1.54) is 6.07 Å². The third kappa shape index (κ3) is 2.83. The first-order valence-electron chi connectivity index (χ1n) is 6.22. The van der Waals surface area contributed by atoms with E-state index in [-0.39, 0.29) is 10.6 Å². The van der Waals surface area contributed by atoms with Gasteiger partial charge in [-0.2, -0.15) is 5.84 Å². The molecular formula is C16H11FN2OS+. The predicted octanol–water partition coefficient (Wildman–Crippen LogP) is 4.31. The van der Waals surface area contributed by atoms with Gasteiger partial charge in [0.1, 0.15) is 5.82 Å². The van der Waals surface area contributed by atoms with Gasteiger partial charge in [-0.15, -0.1) is 11.3 Å². The molecule has 103 valence electrons. The standard InChI is InChI=1S/C16H11FN2OS/c17-14-8-13(9-15(10-14)19(18)20)11-3-5-12(6-4-11)16-2-1-7-21-16/h1,3-10H,(H2,18,20)/q+1. The van der Waals surface area contributed by atoms with Crippen molar-refractivity contribution in [2.45, 2.75) is 0 Å². The number of halogens is 1. The van der Waals surface area contributed by atoms with Gasteiger partial charge in [0.05, 0.1) is 11.0 Å². The molecule has 21 heavy (non-hydrogen) atoms. The van der Waals surface area contributed by atoms with Crippen LogP contribution >= 0.6 is 11.3 Å². The van der Waals surface area contributed by atoms with Crippen molar-refractivity contribution in [3.05, 3.63) is 70.7 Å². The van der Waals surface area contributed by atoms with E-state index in [1.54, 1.807) is 17.4 Å². The minimum atomic E-state index is -0.496. The maximum Gasteiger partial charge on any atom is 0.295 e. The van der Waals surface area contributed by atoms with Crippen LogP contribution < -0.4 is 5.84 Å². The number of hydrazine groups is 1. The Hall–Kier alpha value is -2.53. The topological polar surface area (TPSA) is 46.1 Å². The lowest BCUT2D eigenvalue weighted by Crippen LogP contribution is -2.09. The first-order valence-corrected chi connectivity index (χ1v) is 7.10. The van der Waals surface area contributed by atoms with E-state index in [2.05, 4.69) is 6.07 Å². The molecule has 3 rings (SSSR count).